The molecule has 27 heavy (non-hydrogen) atoms. The van der Waals surface area contributed by atoms with Gasteiger partial charge in [-0.3, -0.25) is 9.48 Å². The Morgan fingerprint density at radius 1 is 1.30 bits per heavy atom. The number of hydrogen-bond donors (Lipinski definition) is 0. The van der Waals surface area contributed by atoms with E-state index in [0.717, 1.165) is 35.7 Å². The quantitative estimate of drug-likeness (QED) is 0.694. The predicted molar refractivity (Wildman–Crippen MR) is 99.2 cm³/mol. The van der Waals surface area contributed by atoms with E-state index in [4.69, 9.17) is 9.15 Å². The fourth-order valence-electron chi connectivity index (χ4n) is 3.35. The highest BCUT2D eigenvalue weighted by molar-refractivity contribution is 5.78. The van der Waals surface area contributed by atoms with Crippen molar-refractivity contribution in [2.45, 2.75) is 33.4 Å². The van der Waals surface area contributed by atoms with Gasteiger partial charge in [0.25, 0.3) is 5.91 Å². The van der Waals surface area contributed by atoms with Crippen LogP contribution < -0.4 is 4.74 Å². The average molecular weight is 366 g/mol. The van der Waals surface area contributed by atoms with Crippen LogP contribution in [0, 0.1) is 6.92 Å². The Morgan fingerprint density at radius 2 is 2.11 bits per heavy atom. The first-order chi connectivity index (χ1) is 13.2. The van der Waals surface area contributed by atoms with E-state index in [0.29, 0.717) is 24.7 Å². The number of oxazole rings is 1. The van der Waals surface area contributed by atoms with Crippen molar-refractivity contribution in [3.63, 3.8) is 0 Å². The number of aryl methyl sites for hydroxylation is 2. The van der Waals surface area contributed by atoms with Gasteiger partial charge in [-0.2, -0.15) is 5.10 Å². The third kappa shape index (κ3) is 3.45. The normalized spacial score (nSPS) is 13.5. The average Bonchev–Trinajstić information content (AvgIpc) is 3.29. The van der Waals surface area contributed by atoms with Crippen LogP contribution in [-0.2, 0) is 24.3 Å². The van der Waals surface area contributed by atoms with Crippen LogP contribution in [-0.4, -0.2) is 38.7 Å². The molecule has 140 valence electrons. The lowest BCUT2D eigenvalue weighted by Gasteiger charge is -2.27. The van der Waals surface area contributed by atoms with Crippen molar-refractivity contribution in [3.8, 4) is 17.3 Å². The lowest BCUT2D eigenvalue weighted by Crippen LogP contribution is -2.39. The molecular weight excluding hydrogens is 344 g/mol. The molecule has 0 saturated carbocycles. The topological polar surface area (TPSA) is 73.4 Å². The van der Waals surface area contributed by atoms with Gasteiger partial charge in [-0.05, 0) is 26.0 Å². The summed E-state index contributed by atoms with van der Waals surface area (Å²) in [6, 6.07) is 9.37. The van der Waals surface area contributed by atoms with Crippen LogP contribution in [0.2, 0.25) is 0 Å². The standard InChI is InChI=1S/C20H22N4O3/c1-3-24-17-9-10-23(18(25)13-26-15-7-5-4-6-8-15)12-16(17)19(22-24)20-21-11-14(2)27-20/h4-8,11H,3,9-10,12-13H2,1-2H3. The molecule has 7 heteroatoms. The highest BCUT2D eigenvalue weighted by Gasteiger charge is 2.29. The Bertz CT molecular complexity index is 946. The smallest absolute Gasteiger partial charge is 0.260 e. The Kier molecular flexibility index (Phi) is 4.66. The van der Waals surface area contributed by atoms with E-state index in [1.807, 2.05) is 46.8 Å². The van der Waals surface area contributed by atoms with Crippen molar-refractivity contribution in [1.82, 2.24) is 19.7 Å². The number of rotatable bonds is 5. The molecule has 0 bridgehead atoms. The highest BCUT2D eigenvalue weighted by atomic mass is 16.5. The molecule has 3 heterocycles. The Hall–Kier alpha value is -3.09. The van der Waals surface area contributed by atoms with Crippen molar-refractivity contribution >= 4 is 5.91 Å². The minimum Gasteiger partial charge on any atom is -0.484 e. The van der Waals surface area contributed by atoms with E-state index in [2.05, 4.69) is 17.0 Å². The maximum atomic E-state index is 12.6. The molecular formula is C20H22N4O3. The molecule has 4 rings (SSSR count). The SMILES string of the molecule is CCn1nc(-c2ncc(C)o2)c2c1CCN(C(=O)COc1ccccc1)C2. The predicted octanol–water partition coefficient (Wildman–Crippen LogP) is 2.83. The summed E-state index contributed by atoms with van der Waals surface area (Å²) in [4.78, 5) is 18.8. The van der Waals surface area contributed by atoms with Gasteiger partial charge in [0, 0.05) is 37.3 Å². The first-order valence-electron chi connectivity index (χ1n) is 9.12. The van der Waals surface area contributed by atoms with Crippen LogP contribution in [0.25, 0.3) is 11.6 Å². The summed E-state index contributed by atoms with van der Waals surface area (Å²) in [7, 11) is 0. The van der Waals surface area contributed by atoms with Crippen molar-refractivity contribution < 1.29 is 13.9 Å². The number of hydrogen-bond acceptors (Lipinski definition) is 5. The molecule has 1 aromatic carbocycles. The number of ether oxygens (including phenoxy) is 1. The lowest BCUT2D eigenvalue weighted by molar-refractivity contribution is -0.134. The van der Waals surface area contributed by atoms with Crippen LogP contribution in [0.5, 0.6) is 5.75 Å². The molecule has 3 aromatic rings. The second-order valence-corrected chi connectivity index (χ2v) is 6.53. The van der Waals surface area contributed by atoms with E-state index < -0.39 is 0 Å². The summed E-state index contributed by atoms with van der Waals surface area (Å²) >= 11 is 0. The van der Waals surface area contributed by atoms with E-state index >= 15 is 0 Å². The largest absolute Gasteiger partial charge is 0.484 e. The number of carbonyl (C=O) groups excluding carboxylic acids is 1. The number of fused-ring (bicyclic) bond motifs is 1. The summed E-state index contributed by atoms with van der Waals surface area (Å²) < 4.78 is 13.3. The monoisotopic (exact) mass is 366 g/mol. The summed E-state index contributed by atoms with van der Waals surface area (Å²) in [5.41, 5.74) is 2.89. The first-order valence-corrected chi connectivity index (χ1v) is 9.12. The van der Waals surface area contributed by atoms with Crippen molar-refractivity contribution in [2.75, 3.05) is 13.2 Å². The van der Waals surface area contributed by atoms with Gasteiger partial charge < -0.3 is 14.1 Å². The molecule has 0 fully saturated rings. The number of amides is 1. The van der Waals surface area contributed by atoms with E-state index in [9.17, 15) is 4.79 Å². The van der Waals surface area contributed by atoms with E-state index in [1.165, 1.54) is 0 Å². The van der Waals surface area contributed by atoms with Gasteiger partial charge in [-0.25, -0.2) is 4.98 Å². The zero-order valence-electron chi connectivity index (χ0n) is 15.5. The van der Waals surface area contributed by atoms with Crippen LogP contribution >= 0.6 is 0 Å². The van der Waals surface area contributed by atoms with Crippen LogP contribution in [0.1, 0.15) is 23.9 Å². The molecule has 1 aliphatic rings. The van der Waals surface area contributed by atoms with Gasteiger partial charge >= 0.3 is 0 Å². The summed E-state index contributed by atoms with van der Waals surface area (Å²) in [6.07, 6.45) is 2.44. The molecule has 1 amide bonds. The molecule has 2 aromatic heterocycles. The summed E-state index contributed by atoms with van der Waals surface area (Å²) in [6.45, 7) is 5.85. The molecule has 0 aliphatic carbocycles. The van der Waals surface area contributed by atoms with E-state index in [-0.39, 0.29) is 12.5 Å². The summed E-state index contributed by atoms with van der Waals surface area (Å²) in [5, 5.41) is 4.67. The highest BCUT2D eigenvalue weighted by Crippen LogP contribution is 2.30. The van der Waals surface area contributed by atoms with Gasteiger partial charge in [0.1, 0.15) is 11.5 Å². The van der Waals surface area contributed by atoms with E-state index in [1.54, 1.807) is 6.20 Å². The minimum absolute atomic E-state index is 0.0225. The molecule has 1 aliphatic heterocycles. The number of para-hydroxylation sites is 1. The maximum Gasteiger partial charge on any atom is 0.260 e. The Morgan fingerprint density at radius 3 is 2.81 bits per heavy atom. The number of benzene rings is 1. The molecule has 0 N–H and O–H groups in total. The molecule has 0 unspecified atom stereocenters. The minimum atomic E-state index is -0.0386. The van der Waals surface area contributed by atoms with Crippen LogP contribution in [0.4, 0.5) is 0 Å². The van der Waals surface area contributed by atoms with Gasteiger partial charge in [0.15, 0.2) is 12.3 Å². The molecule has 7 nitrogen and oxygen atoms in total. The first kappa shape index (κ1) is 17.3. The fraction of sp³-hybridized carbons (Fsp3) is 0.350. The molecule has 0 saturated heterocycles. The van der Waals surface area contributed by atoms with Gasteiger partial charge in [-0.1, -0.05) is 18.2 Å². The van der Waals surface area contributed by atoms with Gasteiger partial charge in [-0.15, -0.1) is 0 Å². The second kappa shape index (κ2) is 7.26. The maximum absolute atomic E-state index is 12.6. The van der Waals surface area contributed by atoms with Crippen LogP contribution in [0.15, 0.2) is 40.9 Å². The fourth-order valence-corrected chi connectivity index (χ4v) is 3.35. The van der Waals surface area contributed by atoms with Gasteiger partial charge in [0.05, 0.1) is 6.20 Å². The molecule has 0 radical (unpaired) electrons. The Labute approximate surface area is 157 Å². The number of nitrogens with zero attached hydrogens (tertiary/aromatic N) is 4. The Balaban J connectivity index is 1.53. The van der Waals surface area contributed by atoms with Crippen molar-refractivity contribution in [2.24, 2.45) is 0 Å². The zero-order chi connectivity index (χ0) is 18.8. The van der Waals surface area contributed by atoms with Crippen LogP contribution in [0.3, 0.4) is 0 Å². The zero-order valence-corrected chi connectivity index (χ0v) is 15.5. The summed E-state index contributed by atoms with van der Waals surface area (Å²) in [5.74, 6) is 1.90. The lowest BCUT2D eigenvalue weighted by atomic mass is 10.0. The van der Waals surface area contributed by atoms with Gasteiger partial charge in [0.2, 0.25) is 5.89 Å². The number of carbonyl (C=O) groups is 1. The number of aromatic nitrogens is 3. The molecule has 0 spiro atoms. The van der Waals surface area contributed by atoms with Crippen molar-refractivity contribution in [1.29, 1.82) is 0 Å². The van der Waals surface area contributed by atoms with Crippen molar-refractivity contribution in [3.05, 3.63) is 53.5 Å². The second-order valence-electron chi connectivity index (χ2n) is 6.53. The molecule has 0 atom stereocenters. The third-order valence-electron chi connectivity index (χ3n) is 4.72. The third-order valence-corrected chi connectivity index (χ3v) is 4.72.